The minimum absolute atomic E-state index is 0.0180. The summed E-state index contributed by atoms with van der Waals surface area (Å²) in [6.07, 6.45) is 3.06. The lowest BCUT2D eigenvalue weighted by Gasteiger charge is -2.33. The van der Waals surface area contributed by atoms with Crippen LogP contribution in [0, 0.1) is 0 Å². The summed E-state index contributed by atoms with van der Waals surface area (Å²) >= 11 is 6.04. The van der Waals surface area contributed by atoms with Crippen molar-refractivity contribution in [3.8, 4) is 16.9 Å². The Morgan fingerprint density at radius 2 is 1.88 bits per heavy atom. The Balaban J connectivity index is 1.63. The van der Waals surface area contributed by atoms with Gasteiger partial charge in [0.1, 0.15) is 5.69 Å². The molecular weight excluding hydrogens is 424 g/mol. The molecule has 0 spiro atoms. The van der Waals surface area contributed by atoms with E-state index in [0.29, 0.717) is 35.9 Å². The number of rotatable bonds is 6. The number of nitrogens with one attached hydrogen (secondary N) is 1. The molecule has 0 aliphatic carbocycles. The van der Waals surface area contributed by atoms with Gasteiger partial charge in [-0.25, -0.2) is 4.68 Å². The van der Waals surface area contributed by atoms with Crippen LogP contribution in [0.5, 0.6) is 0 Å². The number of carbonyl (C=O) groups is 2. The average molecular weight is 451 g/mol. The first kappa shape index (κ1) is 22.1. The third-order valence-electron chi connectivity index (χ3n) is 5.62. The van der Waals surface area contributed by atoms with Crippen molar-refractivity contribution >= 4 is 23.4 Å². The van der Waals surface area contributed by atoms with Crippen LogP contribution in [0.3, 0.4) is 0 Å². The minimum Gasteiger partial charge on any atom is -0.352 e. The van der Waals surface area contributed by atoms with Crippen LogP contribution in [0.4, 0.5) is 0 Å². The van der Waals surface area contributed by atoms with Gasteiger partial charge in [0.05, 0.1) is 11.4 Å². The third-order valence-corrected chi connectivity index (χ3v) is 5.87. The summed E-state index contributed by atoms with van der Waals surface area (Å²) in [4.78, 5) is 27.4. The minimum atomic E-state index is -0.0870. The first-order chi connectivity index (χ1) is 15.5. The number of para-hydroxylation sites is 1. The molecule has 6 nitrogen and oxygen atoms in total. The van der Waals surface area contributed by atoms with Crippen molar-refractivity contribution in [1.29, 1.82) is 0 Å². The second-order valence-electron chi connectivity index (χ2n) is 8.08. The molecule has 2 amide bonds. The van der Waals surface area contributed by atoms with Crippen molar-refractivity contribution in [3.05, 3.63) is 71.4 Å². The number of halogens is 1. The highest BCUT2D eigenvalue weighted by Crippen LogP contribution is 2.25. The van der Waals surface area contributed by atoms with Crippen LogP contribution in [-0.2, 0) is 4.79 Å². The molecule has 2 aromatic carbocycles. The molecular formula is C25H27ClN4O2. The van der Waals surface area contributed by atoms with E-state index in [1.54, 1.807) is 4.68 Å². The van der Waals surface area contributed by atoms with E-state index in [4.69, 9.17) is 16.7 Å². The molecule has 1 atom stereocenters. The van der Waals surface area contributed by atoms with Gasteiger partial charge in [0, 0.05) is 36.1 Å². The van der Waals surface area contributed by atoms with E-state index in [-0.39, 0.29) is 17.9 Å². The molecule has 2 heterocycles. The highest BCUT2D eigenvalue weighted by Gasteiger charge is 2.28. The number of benzene rings is 2. The van der Waals surface area contributed by atoms with Gasteiger partial charge in [-0.3, -0.25) is 9.59 Å². The van der Waals surface area contributed by atoms with Crippen molar-refractivity contribution in [3.63, 3.8) is 0 Å². The van der Waals surface area contributed by atoms with Crippen LogP contribution >= 0.6 is 11.6 Å². The second kappa shape index (κ2) is 10.0. The van der Waals surface area contributed by atoms with E-state index < -0.39 is 0 Å². The van der Waals surface area contributed by atoms with E-state index in [1.165, 1.54) is 0 Å². The van der Waals surface area contributed by atoms with Crippen molar-refractivity contribution < 1.29 is 9.59 Å². The largest absolute Gasteiger partial charge is 0.352 e. The zero-order chi connectivity index (χ0) is 22.5. The Morgan fingerprint density at radius 1 is 1.12 bits per heavy atom. The van der Waals surface area contributed by atoms with Crippen LogP contribution in [0.15, 0.2) is 60.7 Å². The zero-order valence-electron chi connectivity index (χ0n) is 18.1. The maximum atomic E-state index is 13.6. The lowest BCUT2D eigenvalue weighted by atomic mass is 10.0. The highest BCUT2D eigenvalue weighted by atomic mass is 35.5. The summed E-state index contributed by atoms with van der Waals surface area (Å²) in [6, 6.07) is 18.9. The maximum Gasteiger partial charge on any atom is 0.272 e. The predicted octanol–water partition coefficient (Wildman–Crippen LogP) is 4.71. The molecule has 0 saturated carbocycles. The molecule has 1 aromatic heterocycles. The molecule has 0 radical (unpaired) electrons. The summed E-state index contributed by atoms with van der Waals surface area (Å²) in [5.41, 5.74) is 2.92. The first-order valence-electron chi connectivity index (χ1n) is 11.0. The van der Waals surface area contributed by atoms with Gasteiger partial charge in [-0.2, -0.15) is 5.10 Å². The molecule has 7 heteroatoms. The molecule has 1 fully saturated rings. The van der Waals surface area contributed by atoms with Gasteiger partial charge in [0.25, 0.3) is 5.91 Å². The number of hydrogen-bond acceptors (Lipinski definition) is 3. The third kappa shape index (κ3) is 5.02. The van der Waals surface area contributed by atoms with Crippen LogP contribution in [-0.4, -0.2) is 45.6 Å². The van der Waals surface area contributed by atoms with Gasteiger partial charge >= 0.3 is 0 Å². The van der Waals surface area contributed by atoms with Gasteiger partial charge < -0.3 is 10.2 Å². The number of piperidine rings is 1. The molecule has 1 aliphatic rings. The molecule has 0 bridgehead atoms. The quantitative estimate of drug-likeness (QED) is 0.591. The fraction of sp³-hybridized carbons (Fsp3) is 0.320. The lowest BCUT2D eigenvalue weighted by Crippen LogP contribution is -2.49. The van der Waals surface area contributed by atoms with E-state index in [1.807, 2.05) is 72.5 Å². The fourth-order valence-corrected chi connectivity index (χ4v) is 4.16. The molecule has 1 N–H and O–H groups in total. The van der Waals surface area contributed by atoms with Gasteiger partial charge in [-0.05, 0) is 49.6 Å². The molecule has 1 saturated heterocycles. The average Bonchev–Trinajstić information content (AvgIpc) is 3.25. The maximum absolute atomic E-state index is 13.6. The molecule has 3 aromatic rings. The van der Waals surface area contributed by atoms with Crippen LogP contribution in [0.2, 0.25) is 5.02 Å². The predicted molar refractivity (Wildman–Crippen MR) is 126 cm³/mol. The fourth-order valence-electron chi connectivity index (χ4n) is 4.03. The molecule has 4 rings (SSSR count). The Labute approximate surface area is 193 Å². The molecule has 1 aliphatic heterocycles. The Kier molecular flexibility index (Phi) is 6.90. The van der Waals surface area contributed by atoms with Gasteiger partial charge in [0.15, 0.2) is 0 Å². The van der Waals surface area contributed by atoms with E-state index in [2.05, 4.69) is 5.32 Å². The number of likely N-dealkylation sites (tertiary alicyclic amines) is 1. The van der Waals surface area contributed by atoms with Gasteiger partial charge in [-0.15, -0.1) is 0 Å². The topological polar surface area (TPSA) is 67.2 Å². The van der Waals surface area contributed by atoms with Crippen LogP contribution < -0.4 is 5.32 Å². The number of carbonyl (C=O) groups excluding carboxylic acids is 2. The summed E-state index contributed by atoms with van der Waals surface area (Å²) < 4.78 is 1.70. The SMILES string of the molecule is CCCC(=O)NC1CCCN(C(=O)c2cc(-c3ccc(Cl)cc3)nn2-c2ccccc2)C1. The number of hydrogen-bond donors (Lipinski definition) is 1. The Morgan fingerprint density at radius 3 is 2.59 bits per heavy atom. The second-order valence-corrected chi connectivity index (χ2v) is 8.51. The monoisotopic (exact) mass is 450 g/mol. The summed E-state index contributed by atoms with van der Waals surface area (Å²) in [7, 11) is 0. The standard InChI is InChI=1S/C25H27ClN4O2/c1-2-7-24(31)27-20-8-6-15-29(17-20)25(32)23-16-22(18-11-13-19(26)14-12-18)28-30(23)21-9-4-3-5-10-21/h3-5,9-14,16,20H,2,6-8,15,17H2,1H3,(H,27,31). The number of aromatic nitrogens is 2. The number of amides is 2. The summed E-state index contributed by atoms with van der Waals surface area (Å²) in [5, 5.41) is 8.47. The van der Waals surface area contributed by atoms with Gasteiger partial charge in [-0.1, -0.05) is 48.9 Å². The van der Waals surface area contributed by atoms with Crippen molar-refractivity contribution in [2.75, 3.05) is 13.1 Å². The normalized spacial score (nSPS) is 16.1. The van der Waals surface area contributed by atoms with Crippen molar-refractivity contribution in [2.45, 2.75) is 38.6 Å². The highest BCUT2D eigenvalue weighted by molar-refractivity contribution is 6.30. The van der Waals surface area contributed by atoms with E-state index in [0.717, 1.165) is 30.5 Å². The van der Waals surface area contributed by atoms with Crippen LogP contribution in [0.25, 0.3) is 16.9 Å². The Hall–Kier alpha value is -3.12. The number of nitrogens with zero attached hydrogens (tertiary/aromatic N) is 3. The lowest BCUT2D eigenvalue weighted by molar-refractivity contribution is -0.122. The molecule has 1 unspecified atom stereocenters. The van der Waals surface area contributed by atoms with Gasteiger partial charge in [0.2, 0.25) is 5.91 Å². The molecule has 166 valence electrons. The van der Waals surface area contributed by atoms with E-state index >= 15 is 0 Å². The Bertz CT molecular complexity index is 1080. The summed E-state index contributed by atoms with van der Waals surface area (Å²) in [5.74, 6) is -0.0397. The first-order valence-corrected chi connectivity index (χ1v) is 11.4. The van der Waals surface area contributed by atoms with Crippen molar-refractivity contribution in [1.82, 2.24) is 20.0 Å². The van der Waals surface area contributed by atoms with E-state index in [9.17, 15) is 9.59 Å². The zero-order valence-corrected chi connectivity index (χ0v) is 18.9. The van der Waals surface area contributed by atoms with Crippen molar-refractivity contribution in [2.24, 2.45) is 0 Å². The van der Waals surface area contributed by atoms with Crippen LogP contribution in [0.1, 0.15) is 43.1 Å². The summed E-state index contributed by atoms with van der Waals surface area (Å²) in [6.45, 7) is 3.15. The smallest absolute Gasteiger partial charge is 0.272 e. The molecule has 32 heavy (non-hydrogen) atoms.